The van der Waals surface area contributed by atoms with Crippen molar-refractivity contribution in [3.63, 3.8) is 0 Å². The van der Waals surface area contributed by atoms with Gasteiger partial charge in [0.2, 0.25) is 0 Å². The van der Waals surface area contributed by atoms with Crippen molar-refractivity contribution in [1.82, 2.24) is 10.3 Å². The maximum atomic E-state index is 12.8. The van der Waals surface area contributed by atoms with Gasteiger partial charge in [-0.1, -0.05) is 30.3 Å². The monoisotopic (exact) mass is 433 g/mol. The summed E-state index contributed by atoms with van der Waals surface area (Å²) in [6.45, 7) is 7.09. The minimum absolute atomic E-state index is 0.102. The molecule has 3 rings (SSSR count). The van der Waals surface area contributed by atoms with Gasteiger partial charge in [-0.25, -0.2) is 4.79 Å². The highest BCUT2D eigenvalue weighted by Crippen LogP contribution is 2.36. The molecule has 1 atom stereocenters. The summed E-state index contributed by atoms with van der Waals surface area (Å²) in [6.07, 6.45) is 2.56. The van der Waals surface area contributed by atoms with E-state index in [2.05, 4.69) is 15.6 Å². The van der Waals surface area contributed by atoms with Gasteiger partial charge in [-0.15, -0.1) is 0 Å². The second-order valence-electron chi connectivity index (χ2n) is 8.38. The van der Waals surface area contributed by atoms with E-state index in [0.29, 0.717) is 16.8 Å². The minimum atomic E-state index is -0.650. The third kappa shape index (κ3) is 5.85. The molecule has 0 saturated heterocycles. The average molecular weight is 434 g/mol. The summed E-state index contributed by atoms with van der Waals surface area (Å²) in [5, 5.41) is 16.4. The van der Waals surface area contributed by atoms with Crippen LogP contribution >= 0.6 is 0 Å². The van der Waals surface area contributed by atoms with Crippen molar-refractivity contribution in [2.45, 2.75) is 39.3 Å². The number of nitrogens with zero attached hydrogens (tertiary/aromatic N) is 1. The molecule has 0 aliphatic heterocycles. The lowest BCUT2D eigenvalue weighted by molar-refractivity contribution is 0.0507. The molecule has 7 heteroatoms. The average Bonchev–Trinajstić information content (AvgIpc) is 2.73. The van der Waals surface area contributed by atoms with Crippen LogP contribution in [0.15, 0.2) is 67.0 Å². The minimum Gasteiger partial charge on any atom is -0.508 e. The third-order valence-electron chi connectivity index (χ3n) is 4.61. The van der Waals surface area contributed by atoms with Crippen LogP contribution in [0.5, 0.6) is 5.75 Å². The summed E-state index contributed by atoms with van der Waals surface area (Å²) >= 11 is 0. The molecule has 2 amide bonds. The number of nitrogens with one attached hydrogen (secondary N) is 2. The molecule has 32 heavy (non-hydrogen) atoms. The van der Waals surface area contributed by atoms with E-state index in [1.54, 1.807) is 58.3 Å². The first-order valence-corrected chi connectivity index (χ1v) is 10.3. The smallest absolute Gasteiger partial charge is 0.408 e. The fourth-order valence-electron chi connectivity index (χ4n) is 3.28. The van der Waals surface area contributed by atoms with Crippen LogP contribution in [0.1, 0.15) is 49.7 Å². The fourth-order valence-corrected chi connectivity index (χ4v) is 3.28. The van der Waals surface area contributed by atoms with Crippen LogP contribution in [0, 0.1) is 0 Å². The number of rotatable bonds is 5. The lowest BCUT2D eigenvalue weighted by Gasteiger charge is -2.24. The zero-order valence-corrected chi connectivity index (χ0v) is 18.5. The number of benzene rings is 2. The van der Waals surface area contributed by atoms with Gasteiger partial charge in [-0.3, -0.25) is 9.78 Å². The Morgan fingerprint density at radius 1 is 1.03 bits per heavy atom. The van der Waals surface area contributed by atoms with Crippen molar-refractivity contribution in [3.8, 4) is 16.9 Å². The maximum Gasteiger partial charge on any atom is 0.408 e. The molecule has 0 radical (unpaired) electrons. The molecule has 3 aromatic rings. The summed E-state index contributed by atoms with van der Waals surface area (Å²) in [4.78, 5) is 29.1. The van der Waals surface area contributed by atoms with E-state index < -0.39 is 17.7 Å². The van der Waals surface area contributed by atoms with Gasteiger partial charge in [0, 0.05) is 29.2 Å². The van der Waals surface area contributed by atoms with Crippen LogP contribution < -0.4 is 10.6 Å². The Kier molecular flexibility index (Phi) is 6.78. The molecule has 0 saturated carbocycles. The molecule has 7 nitrogen and oxygen atoms in total. The number of aromatic nitrogens is 1. The second kappa shape index (κ2) is 9.51. The van der Waals surface area contributed by atoms with Crippen LogP contribution in [0.4, 0.5) is 10.5 Å². The quantitative estimate of drug-likeness (QED) is 0.507. The van der Waals surface area contributed by atoms with Crippen LogP contribution in [-0.2, 0) is 4.74 Å². The Morgan fingerprint density at radius 3 is 2.31 bits per heavy atom. The molecule has 3 N–H and O–H groups in total. The summed E-state index contributed by atoms with van der Waals surface area (Å²) in [7, 11) is 0. The number of hydrogen-bond donors (Lipinski definition) is 3. The number of amides is 2. The highest BCUT2D eigenvalue weighted by atomic mass is 16.6. The normalized spacial score (nSPS) is 12.0. The number of pyridine rings is 1. The van der Waals surface area contributed by atoms with Crippen molar-refractivity contribution in [1.29, 1.82) is 0 Å². The highest BCUT2D eigenvalue weighted by molar-refractivity contribution is 6.05. The number of anilines is 1. The van der Waals surface area contributed by atoms with E-state index in [1.165, 1.54) is 6.07 Å². The molecule has 0 bridgehead atoms. The van der Waals surface area contributed by atoms with Crippen molar-refractivity contribution in [2.24, 2.45) is 0 Å². The van der Waals surface area contributed by atoms with Crippen molar-refractivity contribution in [3.05, 3.63) is 78.1 Å². The molecule has 1 aromatic heterocycles. The van der Waals surface area contributed by atoms with Crippen molar-refractivity contribution >= 4 is 17.7 Å². The summed E-state index contributed by atoms with van der Waals surface area (Å²) in [5.74, 6) is -0.474. The van der Waals surface area contributed by atoms with Gasteiger partial charge in [0.1, 0.15) is 11.4 Å². The molecule has 0 spiro atoms. The Labute approximate surface area is 187 Å². The predicted molar refractivity (Wildman–Crippen MR) is 124 cm³/mol. The first kappa shape index (κ1) is 22.8. The van der Waals surface area contributed by atoms with E-state index in [0.717, 1.165) is 5.56 Å². The van der Waals surface area contributed by atoms with Crippen LogP contribution in [-0.4, -0.2) is 27.7 Å². The van der Waals surface area contributed by atoms with Crippen molar-refractivity contribution < 1.29 is 19.4 Å². The molecular formula is C25H27N3O4. The molecule has 0 aliphatic carbocycles. The third-order valence-corrected chi connectivity index (χ3v) is 4.61. The summed E-state index contributed by atoms with van der Waals surface area (Å²) in [6, 6.07) is 15.3. The SMILES string of the molecule is CC(NC(=O)OC(C)(C)C)c1c(O)cc(C(=O)Nc2ccncc2)cc1-c1ccccc1. The largest absolute Gasteiger partial charge is 0.508 e. The van der Waals surface area contributed by atoms with Gasteiger partial charge in [0.05, 0.1) is 6.04 Å². The number of phenols is 1. The van der Waals surface area contributed by atoms with Crippen LogP contribution in [0.2, 0.25) is 0 Å². The standard InChI is InChI=1S/C25H27N3O4/c1-16(27-24(31)32-25(2,3)4)22-20(17-8-6-5-7-9-17)14-18(15-21(22)29)23(30)28-19-10-12-26-13-11-19/h5-16,29H,1-4H3,(H,27,31)(H,26,28,30). The summed E-state index contributed by atoms with van der Waals surface area (Å²) in [5.41, 5.74) is 2.15. The first-order valence-electron chi connectivity index (χ1n) is 10.3. The first-order chi connectivity index (χ1) is 15.1. The number of alkyl carbamates (subject to hydrolysis) is 1. The van der Waals surface area contributed by atoms with Gasteiger partial charge >= 0.3 is 6.09 Å². The van der Waals surface area contributed by atoms with Gasteiger partial charge < -0.3 is 20.5 Å². The highest BCUT2D eigenvalue weighted by Gasteiger charge is 2.24. The zero-order chi connectivity index (χ0) is 23.3. The van der Waals surface area contributed by atoms with E-state index in [4.69, 9.17) is 4.74 Å². The molecule has 1 unspecified atom stereocenters. The lowest BCUT2D eigenvalue weighted by atomic mass is 9.92. The molecular weight excluding hydrogens is 406 g/mol. The predicted octanol–water partition coefficient (Wildman–Crippen LogP) is 5.29. The Hall–Kier alpha value is -3.87. The lowest BCUT2D eigenvalue weighted by Crippen LogP contribution is -2.34. The van der Waals surface area contributed by atoms with E-state index in [1.807, 2.05) is 30.3 Å². The Morgan fingerprint density at radius 2 is 1.69 bits per heavy atom. The fraction of sp³-hybridized carbons (Fsp3) is 0.240. The molecule has 0 fully saturated rings. The zero-order valence-electron chi connectivity index (χ0n) is 18.5. The van der Waals surface area contributed by atoms with Crippen molar-refractivity contribution in [2.75, 3.05) is 5.32 Å². The van der Waals surface area contributed by atoms with E-state index >= 15 is 0 Å². The van der Waals surface area contributed by atoms with Gasteiger partial charge in [0.15, 0.2) is 0 Å². The van der Waals surface area contributed by atoms with Crippen LogP contribution in [0.3, 0.4) is 0 Å². The number of ether oxygens (including phenoxy) is 1. The number of hydrogen-bond acceptors (Lipinski definition) is 5. The van der Waals surface area contributed by atoms with Gasteiger partial charge in [-0.05, 0) is 63.1 Å². The van der Waals surface area contributed by atoms with Crippen LogP contribution in [0.25, 0.3) is 11.1 Å². The van der Waals surface area contributed by atoms with Gasteiger partial charge in [-0.2, -0.15) is 0 Å². The number of aromatic hydroxyl groups is 1. The maximum absolute atomic E-state index is 12.8. The molecule has 0 aliphatic rings. The molecule has 166 valence electrons. The Bertz CT molecular complexity index is 1090. The molecule has 2 aromatic carbocycles. The number of carbonyl (C=O) groups is 2. The van der Waals surface area contributed by atoms with Gasteiger partial charge in [0.25, 0.3) is 5.91 Å². The van der Waals surface area contributed by atoms with E-state index in [9.17, 15) is 14.7 Å². The molecule has 1 heterocycles. The number of carbonyl (C=O) groups excluding carboxylic acids is 2. The Balaban J connectivity index is 1.98. The topological polar surface area (TPSA) is 101 Å². The number of phenolic OH excluding ortho intramolecular Hbond substituents is 1. The van der Waals surface area contributed by atoms with E-state index in [-0.39, 0.29) is 17.2 Å². The summed E-state index contributed by atoms with van der Waals surface area (Å²) < 4.78 is 5.34. The second-order valence-corrected chi connectivity index (χ2v) is 8.38.